The van der Waals surface area contributed by atoms with E-state index in [0.29, 0.717) is 6.04 Å². The molecule has 56 valence electrons. The van der Waals surface area contributed by atoms with Gasteiger partial charge in [0, 0.05) is 6.04 Å². The van der Waals surface area contributed by atoms with Crippen LogP contribution in [0.25, 0.3) is 0 Å². The van der Waals surface area contributed by atoms with Crippen LogP contribution < -0.4 is 11.9 Å². The van der Waals surface area contributed by atoms with Crippen molar-refractivity contribution in [3.63, 3.8) is 0 Å². The molecule has 1 aliphatic rings. The van der Waals surface area contributed by atoms with Crippen LogP contribution in [0.4, 0.5) is 0 Å². The lowest BCUT2D eigenvalue weighted by atomic mass is 9.88. The summed E-state index contributed by atoms with van der Waals surface area (Å²) < 4.78 is 5.25. The van der Waals surface area contributed by atoms with Gasteiger partial charge in [0.2, 0.25) is 0 Å². The van der Waals surface area contributed by atoms with Crippen LogP contribution >= 0.6 is 0 Å². The molecule has 0 atom stereocenters. The normalized spacial score (nSPS) is 36.1. The van der Waals surface area contributed by atoms with Crippen LogP contribution in [0.2, 0.25) is 1.41 Å². The Bertz CT molecular complexity index is 60.0. The van der Waals surface area contributed by atoms with Crippen LogP contribution in [0.15, 0.2) is 0 Å². The number of hydrogen-bond acceptors (Lipinski definition) is 2. The van der Waals surface area contributed by atoms with Gasteiger partial charge < -0.3 is 11.9 Å². The topological polar surface area (TPSA) is 61.0 Å². The summed E-state index contributed by atoms with van der Waals surface area (Å²) >= 11 is 0. The second-order valence-electron chi connectivity index (χ2n) is 3.02. The molecule has 2 heteroatoms. The Morgan fingerprint density at radius 1 is 1.33 bits per heavy atom. The van der Waals surface area contributed by atoms with Gasteiger partial charge in [-0.2, -0.15) is 0 Å². The molecule has 0 saturated heterocycles. The Morgan fingerprint density at radius 3 is 2.11 bits per heavy atom. The highest BCUT2D eigenvalue weighted by atomic mass is 14.6. The predicted molar refractivity (Wildman–Crippen MR) is 40.6 cm³/mol. The zero-order valence-corrected chi connectivity index (χ0v) is 6.14. The number of nitrogens with two attached hydrogens (primary N) is 1. The molecule has 0 bridgehead atoms. The summed E-state index contributed by atoms with van der Waals surface area (Å²) in [6, 6.07) is 0.520. The highest BCUT2D eigenvalue weighted by molar-refractivity contribution is 4.70. The first-order chi connectivity index (χ1) is 4.79. The molecule has 0 aromatic heterocycles. The van der Waals surface area contributed by atoms with E-state index in [4.69, 9.17) is 7.15 Å². The summed E-state index contributed by atoms with van der Waals surface area (Å²) in [5.41, 5.74) is 5.70. The third-order valence-electron chi connectivity index (χ3n) is 2.06. The smallest absolute Gasteiger partial charge is 0.115 e. The molecule has 1 fully saturated rings. The fourth-order valence-electron chi connectivity index (χ4n) is 1.29. The summed E-state index contributed by atoms with van der Waals surface area (Å²) in [7, 11) is 0. The van der Waals surface area contributed by atoms with Crippen LogP contribution in [0.1, 0.15) is 32.6 Å². The summed E-state index contributed by atoms with van der Waals surface area (Å²) in [4.78, 5) is 0. The van der Waals surface area contributed by atoms with E-state index in [1.807, 2.05) is 0 Å². The number of rotatable bonds is 0. The SMILES string of the molecule is CC1CCC(N)CC1.[2H]N. The third-order valence-corrected chi connectivity index (χ3v) is 2.06. The van der Waals surface area contributed by atoms with E-state index in [1.165, 1.54) is 25.7 Å². The van der Waals surface area contributed by atoms with Gasteiger partial charge in [0.1, 0.15) is 1.41 Å². The minimum absolute atomic E-state index is 0.520. The number of hydrogen-bond donors (Lipinski definition) is 2. The van der Waals surface area contributed by atoms with Crippen molar-refractivity contribution in [2.45, 2.75) is 38.6 Å². The van der Waals surface area contributed by atoms with Crippen molar-refractivity contribution in [1.82, 2.24) is 6.14 Å². The van der Waals surface area contributed by atoms with Crippen molar-refractivity contribution >= 4 is 0 Å². The molecule has 2 nitrogen and oxygen atoms in total. The van der Waals surface area contributed by atoms with Crippen LogP contribution in [0, 0.1) is 5.92 Å². The van der Waals surface area contributed by atoms with Crippen LogP contribution in [0.3, 0.4) is 0 Å². The summed E-state index contributed by atoms with van der Waals surface area (Å²) in [5.74, 6) is 0.940. The Labute approximate surface area is 58.9 Å². The fourth-order valence-corrected chi connectivity index (χ4v) is 1.29. The second kappa shape index (κ2) is 3.85. The van der Waals surface area contributed by atoms with Crippen molar-refractivity contribution < 1.29 is 1.41 Å². The Morgan fingerprint density at radius 2 is 1.78 bits per heavy atom. The molecule has 0 amide bonds. The van der Waals surface area contributed by atoms with Gasteiger partial charge in [0.05, 0.1) is 0 Å². The van der Waals surface area contributed by atoms with Gasteiger partial charge in [-0.05, 0) is 31.6 Å². The maximum Gasteiger partial charge on any atom is 0.115 e. The third kappa shape index (κ3) is 2.82. The van der Waals surface area contributed by atoms with Crippen molar-refractivity contribution in [3.8, 4) is 0 Å². The van der Waals surface area contributed by atoms with Gasteiger partial charge in [-0.3, -0.25) is 0 Å². The molecule has 0 aliphatic heterocycles. The molecule has 0 heterocycles. The minimum Gasteiger partial charge on any atom is -0.344 e. The van der Waals surface area contributed by atoms with Gasteiger partial charge in [0.25, 0.3) is 0 Å². The van der Waals surface area contributed by atoms with Gasteiger partial charge in [0.15, 0.2) is 0 Å². The fraction of sp³-hybridized carbons (Fsp3) is 1.00. The van der Waals surface area contributed by atoms with E-state index in [1.54, 1.807) is 0 Å². The molecule has 0 radical (unpaired) electrons. The lowest BCUT2D eigenvalue weighted by Crippen LogP contribution is -2.25. The Hall–Kier alpha value is -0.0800. The first-order valence-corrected chi connectivity index (χ1v) is 3.54. The summed E-state index contributed by atoms with van der Waals surface area (Å²) in [6.07, 6.45) is 8.95. The quantitative estimate of drug-likeness (QED) is 0.525. The van der Waals surface area contributed by atoms with Crippen molar-refractivity contribution in [2.75, 3.05) is 0 Å². The predicted octanol–water partition coefficient (Wildman–Crippen LogP) is 1.69. The monoisotopic (exact) mass is 131 g/mol. The minimum atomic E-state index is 0.520. The summed E-state index contributed by atoms with van der Waals surface area (Å²) in [5, 5.41) is 0. The Balaban J connectivity index is 0.000000371. The summed E-state index contributed by atoms with van der Waals surface area (Å²) in [6.45, 7) is 2.31. The molecular weight excluding hydrogens is 112 g/mol. The van der Waals surface area contributed by atoms with E-state index in [0.717, 1.165) is 5.92 Å². The zero-order chi connectivity index (χ0) is 7.98. The van der Waals surface area contributed by atoms with Crippen LogP contribution in [0.5, 0.6) is 0 Å². The van der Waals surface area contributed by atoms with Crippen LogP contribution in [-0.4, -0.2) is 6.04 Å². The van der Waals surface area contributed by atoms with E-state index < -0.39 is 0 Å². The lowest BCUT2D eigenvalue weighted by Gasteiger charge is -2.22. The standard InChI is InChI=1S/C7H15N.H3N/c1-6-2-4-7(8)5-3-6;/h6-7H,2-5,8H2,1H3;1H3/i/hD. The first kappa shape index (κ1) is 7.03. The maximum atomic E-state index is 5.70. The molecule has 5 N–H and O–H groups in total. The van der Waals surface area contributed by atoms with Gasteiger partial charge in [-0.15, -0.1) is 0 Å². The van der Waals surface area contributed by atoms with Crippen molar-refractivity contribution in [1.29, 1.82) is 0 Å². The van der Waals surface area contributed by atoms with Gasteiger partial charge in [-0.1, -0.05) is 6.92 Å². The maximum absolute atomic E-state index is 5.70. The van der Waals surface area contributed by atoms with Crippen molar-refractivity contribution in [3.05, 3.63) is 0 Å². The van der Waals surface area contributed by atoms with Gasteiger partial charge >= 0.3 is 0 Å². The average molecular weight is 131 g/mol. The Kier molecular flexibility index (Phi) is 3.01. The lowest BCUT2D eigenvalue weighted by molar-refractivity contribution is 0.348. The molecule has 0 aromatic carbocycles. The second-order valence-corrected chi connectivity index (χ2v) is 3.02. The van der Waals surface area contributed by atoms with Gasteiger partial charge in [-0.25, -0.2) is 0 Å². The molecule has 9 heavy (non-hydrogen) atoms. The van der Waals surface area contributed by atoms with E-state index >= 15 is 0 Å². The largest absolute Gasteiger partial charge is 0.344 e. The molecule has 0 aromatic rings. The molecular formula is C7H18N2. The molecule has 1 rings (SSSR count). The van der Waals surface area contributed by atoms with E-state index in [2.05, 4.69) is 13.1 Å². The van der Waals surface area contributed by atoms with Crippen molar-refractivity contribution in [2.24, 2.45) is 11.7 Å². The molecule has 0 spiro atoms. The molecule has 1 saturated carbocycles. The highest BCUT2D eigenvalue weighted by Gasteiger charge is 2.13. The van der Waals surface area contributed by atoms with Crippen LogP contribution in [-0.2, 0) is 0 Å². The first-order valence-electron chi connectivity index (χ1n) is 4.12. The highest BCUT2D eigenvalue weighted by Crippen LogP contribution is 2.21. The molecule has 0 unspecified atom stereocenters. The van der Waals surface area contributed by atoms with E-state index in [9.17, 15) is 0 Å². The molecule has 1 aliphatic carbocycles. The average Bonchev–Trinajstić information content (AvgIpc) is 2.00. The zero-order valence-electron chi connectivity index (χ0n) is 7.14. The van der Waals surface area contributed by atoms with E-state index in [-0.39, 0.29) is 0 Å².